The van der Waals surface area contributed by atoms with Gasteiger partial charge in [-0.3, -0.25) is 14.8 Å². The van der Waals surface area contributed by atoms with Gasteiger partial charge < -0.3 is 9.84 Å². The number of piperazine rings is 1. The van der Waals surface area contributed by atoms with Crippen LogP contribution in [0.15, 0.2) is 54.6 Å². The second-order valence-corrected chi connectivity index (χ2v) is 8.05. The second-order valence-electron chi connectivity index (χ2n) is 8.05. The highest BCUT2D eigenvalue weighted by Crippen LogP contribution is 2.24. The lowest BCUT2D eigenvalue weighted by Gasteiger charge is -2.41. The van der Waals surface area contributed by atoms with Crippen LogP contribution in [-0.2, 0) is 13.1 Å². The van der Waals surface area contributed by atoms with Gasteiger partial charge in [0.25, 0.3) is 0 Å². The molecule has 6 heteroatoms. The van der Waals surface area contributed by atoms with E-state index in [2.05, 4.69) is 15.9 Å². The first-order valence-corrected chi connectivity index (χ1v) is 11.0. The Labute approximate surface area is 183 Å². The molecule has 0 amide bonds. The van der Waals surface area contributed by atoms with Gasteiger partial charge in [0, 0.05) is 56.3 Å². The number of hydrogen-bond donors (Lipinski definition) is 1. The Balaban J connectivity index is 1.44. The molecule has 3 aromatic rings. The predicted molar refractivity (Wildman–Crippen MR) is 120 cm³/mol. The van der Waals surface area contributed by atoms with Crippen LogP contribution in [0.4, 0.5) is 4.39 Å². The van der Waals surface area contributed by atoms with Crippen LogP contribution in [0.25, 0.3) is 10.9 Å². The number of aliphatic hydroxyl groups excluding tert-OH is 1. The van der Waals surface area contributed by atoms with Crippen LogP contribution < -0.4 is 4.74 Å². The maximum Gasteiger partial charge on any atom is 0.123 e. The Kier molecular flexibility index (Phi) is 7.12. The third kappa shape index (κ3) is 5.39. The number of fused-ring (bicyclic) bond motifs is 1. The summed E-state index contributed by atoms with van der Waals surface area (Å²) in [6.07, 6.45) is 0.734. The van der Waals surface area contributed by atoms with Crippen LogP contribution in [0, 0.1) is 5.82 Å². The Morgan fingerprint density at radius 1 is 1.10 bits per heavy atom. The number of ether oxygens (including phenoxy) is 1. The van der Waals surface area contributed by atoms with Gasteiger partial charge in [0.1, 0.15) is 11.6 Å². The van der Waals surface area contributed by atoms with E-state index < -0.39 is 0 Å². The summed E-state index contributed by atoms with van der Waals surface area (Å²) in [4.78, 5) is 9.55. The summed E-state index contributed by atoms with van der Waals surface area (Å²) in [5, 5.41) is 10.5. The summed E-state index contributed by atoms with van der Waals surface area (Å²) in [6.45, 7) is 7.11. The van der Waals surface area contributed by atoms with Gasteiger partial charge in [-0.1, -0.05) is 24.3 Å². The van der Waals surface area contributed by atoms with Gasteiger partial charge in [0.15, 0.2) is 0 Å². The molecule has 31 heavy (non-hydrogen) atoms. The molecule has 1 saturated heterocycles. The van der Waals surface area contributed by atoms with Gasteiger partial charge in [0.2, 0.25) is 0 Å². The van der Waals surface area contributed by atoms with Crippen molar-refractivity contribution in [1.29, 1.82) is 0 Å². The van der Waals surface area contributed by atoms with Crippen LogP contribution in [0.1, 0.15) is 24.6 Å². The average Bonchev–Trinajstić information content (AvgIpc) is 2.77. The number of hydrogen-bond acceptors (Lipinski definition) is 5. The van der Waals surface area contributed by atoms with Crippen LogP contribution in [0.3, 0.4) is 0 Å². The Morgan fingerprint density at radius 2 is 1.97 bits per heavy atom. The first kappa shape index (κ1) is 21.7. The van der Waals surface area contributed by atoms with Crippen molar-refractivity contribution in [2.24, 2.45) is 0 Å². The molecule has 5 nitrogen and oxygen atoms in total. The summed E-state index contributed by atoms with van der Waals surface area (Å²) in [6, 6.07) is 17.1. The van der Waals surface area contributed by atoms with Crippen molar-refractivity contribution < 1.29 is 14.2 Å². The van der Waals surface area contributed by atoms with Gasteiger partial charge in [0.05, 0.1) is 17.8 Å². The topological polar surface area (TPSA) is 48.8 Å². The second kappa shape index (κ2) is 10.2. The molecule has 0 bridgehead atoms. The molecule has 0 spiro atoms. The lowest BCUT2D eigenvalue weighted by atomic mass is 10.1. The summed E-state index contributed by atoms with van der Waals surface area (Å²) in [5.74, 6) is 0.697. The molecule has 4 rings (SSSR count). The van der Waals surface area contributed by atoms with E-state index in [0.717, 1.165) is 61.5 Å². The highest BCUT2D eigenvalue weighted by molar-refractivity contribution is 5.78. The quantitative estimate of drug-likeness (QED) is 0.597. The molecule has 1 aliphatic rings. The van der Waals surface area contributed by atoms with Gasteiger partial charge in [-0.15, -0.1) is 0 Å². The standard InChI is InChI=1S/C25H30FN3O2/c1-2-31-25-6-4-3-5-20(25)16-29-13-12-28(18-23(29)11-14-30)17-22-9-7-19-15-21(26)8-10-24(19)27-22/h3-10,15,23,30H,2,11-14,16-18H2,1H3/t23-/m0/s1. The van der Waals surface area contributed by atoms with Crippen molar-refractivity contribution in [2.45, 2.75) is 32.5 Å². The molecule has 0 aliphatic carbocycles. The van der Waals surface area contributed by atoms with E-state index in [0.29, 0.717) is 6.61 Å². The molecule has 2 aromatic carbocycles. The fourth-order valence-electron chi connectivity index (χ4n) is 4.34. The van der Waals surface area contributed by atoms with Crippen molar-refractivity contribution >= 4 is 10.9 Å². The summed E-state index contributed by atoms with van der Waals surface area (Å²) >= 11 is 0. The molecule has 0 saturated carbocycles. The molecule has 1 N–H and O–H groups in total. The maximum atomic E-state index is 13.4. The molecule has 164 valence electrons. The largest absolute Gasteiger partial charge is 0.494 e. The zero-order valence-electron chi connectivity index (χ0n) is 18.0. The molecular formula is C25H30FN3O2. The minimum Gasteiger partial charge on any atom is -0.494 e. The van der Waals surface area contributed by atoms with Crippen molar-refractivity contribution in [1.82, 2.24) is 14.8 Å². The van der Waals surface area contributed by atoms with Gasteiger partial charge in [-0.2, -0.15) is 0 Å². The number of pyridine rings is 1. The zero-order valence-corrected chi connectivity index (χ0v) is 18.0. The number of nitrogens with zero attached hydrogens (tertiary/aromatic N) is 3. The summed E-state index contributed by atoms with van der Waals surface area (Å²) < 4.78 is 19.2. The highest BCUT2D eigenvalue weighted by atomic mass is 19.1. The van der Waals surface area contributed by atoms with Crippen LogP contribution in [0.2, 0.25) is 0 Å². The first-order valence-electron chi connectivity index (χ1n) is 11.0. The van der Waals surface area contributed by atoms with E-state index in [4.69, 9.17) is 9.72 Å². The third-order valence-corrected chi connectivity index (χ3v) is 5.89. The van der Waals surface area contributed by atoms with Crippen molar-refractivity contribution in [3.8, 4) is 5.75 Å². The van der Waals surface area contributed by atoms with E-state index in [-0.39, 0.29) is 18.5 Å². The number of aliphatic hydroxyl groups is 1. The monoisotopic (exact) mass is 423 g/mol. The Hall–Kier alpha value is -2.54. The minimum absolute atomic E-state index is 0.169. The van der Waals surface area contributed by atoms with Crippen molar-refractivity contribution in [3.05, 3.63) is 71.7 Å². The van der Waals surface area contributed by atoms with Crippen LogP contribution in [-0.4, -0.2) is 58.8 Å². The minimum atomic E-state index is -0.240. The Bertz CT molecular complexity index is 1010. The average molecular weight is 424 g/mol. The molecular weight excluding hydrogens is 393 g/mol. The fourth-order valence-corrected chi connectivity index (χ4v) is 4.34. The molecule has 0 radical (unpaired) electrons. The van der Waals surface area contributed by atoms with Gasteiger partial charge in [-0.25, -0.2) is 4.39 Å². The van der Waals surface area contributed by atoms with Crippen LogP contribution >= 0.6 is 0 Å². The van der Waals surface area contributed by atoms with E-state index in [1.54, 1.807) is 6.07 Å². The molecule has 1 fully saturated rings. The molecule has 1 atom stereocenters. The lowest BCUT2D eigenvalue weighted by molar-refractivity contribution is 0.0489. The first-order chi connectivity index (χ1) is 15.2. The fraction of sp³-hybridized carbons (Fsp3) is 0.400. The number of para-hydroxylation sites is 1. The predicted octanol–water partition coefficient (Wildman–Crippen LogP) is 3.84. The van der Waals surface area contributed by atoms with E-state index >= 15 is 0 Å². The van der Waals surface area contributed by atoms with Gasteiger partial charge in [-0.05, 0) is 43.7 Å². The molecule has 2 heterocycles. The van der Waals surface area contributed by atoms with E-state index in [1.807, 2.05) is 37.3 Å². The van der Waals surface area contributed by atoms with Gasteiger partial charge >= 0.3 is 0 Å². The number of halogens is 1. The maximum absolute atomic E-state index is 13.4. The number of benzene rings is 2. The van der Waals surface area contributed by atoms with Crippen molar-refractivity contribution in [2.75, 3.05) is 32.8 Å². The number of aromatic nitrogens is 1. The molecule has 0 unspecified atom stereocenters. The third-order valence-electron chi connectivity index (χ3n) is 5.89. The lowest BCUT2D eigenvalue weighted by Crippen LogP contribution is -2.52. The van der Waals surface area contributed by atoms with E-state index in [9.17, 15) is 9.50 Å². The molecule has 1 aliphatic heterocycles. The van der Waals surface area contributed by atoms with E-state index in [1.165, 1.54) is 17.7 Å². The zero-order chi connectivity index (χ0) is 21.6. The van der Waals surface area contributed by atoms with Crippen LogP contribution in [0.5, 0.6) is 5.75 Å². The Morgan fingerprint density at radius 3 is 2.81 bits per heavy atom. The smallest absolute Gasteiger partial charge is 0.123 e. The SMILES string of the molecule is CCOc1ccccc1CN1CCN(Cc2ccc3cc(F)ccc3n2)C[C@@H]1CCO. The summed E-state index contributed by atoms with van der Waals surface area (Å²) in [5.41, 5.74) is 2.98. The normalized spacial score (nSPS) is 17.8. The van der Waals surface area contributed by atoms with Crippen molar-refractivity contribution in [3.63, 3.8) is 0 Å². The molecule has 1 aromatic heterocycles. The summed E-state index contributed by atoms with van der Waals surface area (Å²) in [7, 11) is 0. The number of rotatable bonds is 8. The highest BCUT2D eigenvalue weighted by Gasteiger charge is 2.27.